The van der Waals surface area contributed by atoms with Crippen molar-refractivity contribution in [3.8, 4) is 0 Å². The van der Waals surface area contributed by atoms with E-state index in [-0.39, 0.29) is 18.0 Å². The highest BCUT2D eigenvalue weighted by molar-refractivity contribution is 5.88. The number of hydrogen-bond donors (Lipinski definition) is 3. The predicted molar refractivity (Wildman–Crippen MR) is 189 cm³/mol. The van der Waals surface area contributed by atoms with Crippen molar-refractivity contribution >= 4 is 11.7 Å². The number of nitrogens with one attached hydrogen (secondary N) is 3. The lowest BCUT2D eigenvalue weighted by atomic mass is 9.60. The van der Waals surface area contributed by atoms with E-state index in [4.69, 9.17) is 5.10 Å². The van der Waals surface area contributed by atoms with E-state index in [0.717, 1.165) is 68.0 Å². The van der Waals surface area contributed by atoms with Crippen LogP contribution in [0.5, 0.6) is 0 Å². The summed E-state index contributed by atoms with van der Waals surface area (Å²) in [4.78, 5) is 21.7. The molecule has 2 aromatic carbocycles. The van der Waals surface area contributed by atoms with Gasteiger partial charge >= 0.3 is 0 Å². The first-order valence-corrected chi connectivity index (χ1v) is 17.2. The van der Waals surface area contributed by atoms with E-state index in [1.807, 2.05) is 54.3 Å². The lowest BCUT2D eigenvalue weighted by Crippen LogP contribution is -2.48. The summed E-state index contributed by atoms with van der Waals surface area (Å²) < 4.78 is 1.94. The van der Waals surface area contributed by atoms with Crippen molar-refractivity contribution in [1.29, 1.82) is 0 Å². The number of benzene rings is 2. The van der Waals surface area contributed by atoms with Crippen LogP contribution in [0.25, 0.3) is 0 Å². The standard InChI is InChI=1S/C39H49N7O/c1-29(31-16-8-7-9-17-31)42-38(47)35-34-28-46(27-33-19-10-13-22-41-33)44-37(34)43-36(39(35)20-11-5-4-6-12-21-39)32-18-14-15-30(25-32)26-45(3)24-23-40-2/h7-11,13-20,22,25,28-29,35-36,40H,4-6,12,21,23-24,26-27H2,1-3H3,(H,42,47)(H,43,44)/b20-11-/t29-,35?,36?,39?/m0/s1. The van der Waals surface area contributed by atoms with E-state index in [2.05, 4.69) is 94.6 Å². The largest absolute Gasteiger partial charge is 0.361 e. The number of anilines is 1. The van der Waals surface area contributed by atoms with Gasteiger partial charge in [-0.25, -0.2) is 0 Å². The zero-order chi connectivity index (χ0) is 32.6. The van der Waals surface area contributed by atoms with Crippen LogP contribution in [0.2, 0.25) is 0 Å². The number of aromatic nitrogens is 3. The molecule has 2 aromatic heterocycles. The smallest absolute Gasteiger partial charge is 0.229 e. The van der Waals surface area contributed by atoms with Crippen molar-refractivity contribution in [2.45, 2.75) is 70.1 Å². The van der Waals surface area contributed by atoms with Gasteiger partial charge in [-0.15, -0.1) is 0 Å². The minimum absolute atomic E-state index is 0.0414. The number of fused-ring (bicyclic) bond motifs is 1. The molecule has 8 heteroatoms. The van der Waals surface area contributed by atoms with Crippen LogP contribution in [-0.2, 0) is 17.9 Å². The average Bonchev–Trinajstić information content (AvgIpc) is 3.47. The lowest BCUT2D eigenvalue weighted by molar-refractivity contribution is -0.126. The average molecular weight is 632 g/mol. The van der Waals surface area contributed by atoms with Gasteiger partial charge in [-0.2, -0.15) is 5.10 Å². The molecule has 246 valence electrons. The monoisotopic (exact) mass is 631 g/mol. The molecule has 47 heavy (non-hydrogen) atoms. The van der Waals surface area contributed by atoms with Crippen LogP contribution in [0.1, 0.15) is 85.0 Å². The van der Waals surface area contributed by atoms with Crippen LogP contribution >= 0.6 is 0 Å². The topological polar surface area (TPSA) is 87.1 Å². The molecule has 0 saturated carbocycles. The minimum Gasteiger partial charge on any atom is -0.361 e. The molecular formula is C39H49N7O. The molecule has 1 aliphatic heterocycles. The van der Waals surface area contributed by atoms with Gasteiger partial charge in [-0.05, 0) is 69.1 Å². The number of allylic oxidation sites excluding steroid dienone is 1. The Kier molecular flexibility index (Phi) is 10.5. The second kappa shape index (κ2) is 15.1. The second-order valence-corrected chi connectivity index (χ2v) is 13.3. The highest BCUT2D eigenvalue weighted by Gasteiger charge is 2.53. The van der Waals surface area contributed by atoms with Crippen LogP contribution < -0.4 is 16.0 Å². The Hall–Kier alpha value is -4.27. The maximum atomic E-state index is 14.8. The quantitative estimate of drug-likeness (QED) is 0.162. The number of rotatable bonds is 11. The van der Waals surface area contributed by atoms with Crippen LogP contribution in [0.3, 0.4) is 0 Å². The zero-order valence-corrected chi connectivity index (χ0v) is 28.0. The molecule has 1 spiro atoms. The normalized spacial score (nSPS) is 22.1. The highest BCUT2D eigenvalue weighted by Crippen LogP contribution is 2.57. The van der Waals surface area contributed by atoms with Gasteiger partial charge in [0.1, 0.15) is 0 Å². The zero-order valence-electron chi connectivity index (χ0n) is 28.0. The van der Waals surface area contributed by atoms with E-state index in [0.29, 0.717) is 6.54 Å². The molecular weight excluding hydrogens is 582 g/mol. The summed E-state index contributed by atoms with van der Waals surface area (Å²) in [6, 6.07) is 24.8. The Morgan fingerprint density at radius 3 is 2.74 bits per heavy atom. The maximum Gasteiger partial charge on any atom is 0.229 e. The summed E-state index contributed by atoms with van der Waals surface area (Å²) in [5, 5.41) is 15.7. The molecule has 6 rings (SSSR count). The first-order chi connectivity index (χ1) is 23.0. The molecule has 4 aromatic rings. The van der Waals surface area contributed by atoms with Crippen LogP contribution in [0.4, 0.5) is 5.82 Å². The summed E-state index contributed by atoms with van der Waals surface area (Å²) in [7, 11) is 4.15. The molecule has 3 heterocycles. The van der Waals surface area contributed by atoms with Crippen molar-refractivity contribution < 1.29 is 4.79 Å². The molecule has 1 amide bonds. The third-order valence-corrected chi connectivity index (χ3v) is 9.82. The number of carbonyl (C=O) groups excluding carboxylic acids is 1. The molecule has 1 aliphatic carbocycles. The first kappa shape index (κ1) is 32.7. The molecule has 4 atom stereocenters. The van der Waals surface area contributed by atoms with Crippen molar-refractivity contribution in [2.24, 2.45) is 5.41 Å². The number of carbonyl (C=O) groups is 1. The molecule has 0 saturated heterocycles. The van der Waals surface area contributed by atoms with E-state index < -0.39 is 11.3 Å². The van der Waals surface area contributed by atoms with Gasteiger partial charge in [-0.3, -0.25) is 14.5 Å². The number of nitrogens with zero attached hydrogens (tertiary/aromatic N) is 4. The summed E-state index contributed by atoms with van der Waals surface area (Å²) in [6.07, 6.45) is 13.9. The summed E-state index contributed by atoms with van der Waals surface area (Å²) >= 11 is 0. The summed E-state index contributed by atoms with van der Waals surface area (Å²) in [6.45, 7) is 5.37. The number of amides is 1. The fourth-order valence-corrected chi connectivity index (χ4v) is 7.43. The van der Waals surface area contributed by atoms with E-state index in [1.54, 1.807) is 0 Å². The SMILES string of the molecule is CNCCN(C)Cc1cccc(C2Nc3nn(Cc4ccccn4)cc3C(C(=O)N[C@@H](C)c3ccccc3)C23/C=C\CCCCC3)c1. The second-order valence-electron chi connectivity index (χ2n) is 13.3. The molecule has 3 unspecified atom stereocenters. The molecule has 2 aliphatic rings. The van der Waals surface area contributed by atoms with Gasteiger partial charge in [0, 0.05) is 43.0 Å². The van der Waals surface area contributed by atoms with Crippen LogP contribution in [0, 0.1) is 5.41 Å². The van der Waals surface area contributed by atoms with Crippen LogP contribution in [-0.4, -0.2) is 52.8 Å². The fourth-order valence-electron chi connectivity index (χ4n) is 7.43. The Morgan fingerprint density at radius 1 is 1.09 bits per heavy atom. The fraction of sp³-hybridized carbons (Fsp3) is 0.410. The van der Waals surface area contributed by atoms with Crippen molar-refractivity contribution in [3.05, 3.63) is 125 Å². The Labute approximate surface area is 279 Å². The van der Waals surface area contributed by atoms with Gasteiger partial charge in [0.2, 0.25) is 5.91 Å². The molecule has 8 nitrogen and oxygen atoms in total. The van der Waals surface area contributed by atoms with Gasteiger partial charge in [-0.1, -0.05) is 85.7 Å². The number of likely N-dealkylation sites (N-methyl/N-ethyl adjacent to an activating group) is 2. The predicted octanol–water partition coefficient (Wildman–Crippen LogP) is 6.61. The minimum atomic E-state index is -0.483. The van der Waals surface area contributed by atoms with Crippen molar-refractivity contribution in [2.75, 3.05) is 32.5 Å². The van der Waals surface area contributed by atoms with Gasteiger partial charge < -0.3 is 20.9 Å². The molecule has 3 N–H and O–H groups in total. The maximum absolute atomic E-state index is 14.8. The third-order valence-electron chi connectivity index (χ3n) is 9.82. The Balaban J connectivity index is 1.44. The molecule has 0 radical (unpaired) electrons. The van der Waals surface area contributed by atoms with E-state index in [1.165, 1.54) is 17.5 Å². The Bertz CT molecular complexity index is 1640. The van der Waals surface area contributed by atoms with Crippen molar-refractivity contribution in [1.82, 2.24) is 30.3 Å². The van der Waals surface area contributed by atoms with Gasteiger partial charge in [0.25, 0.3) is 0 Å². The summed E-state index contributed by atoms with van der Waals surface area (Å²) in [5.41, 5.74) is 4.94. The highest BCUT2D eigenvalue weighted by atomic mass is 16.2. The van der Waals surface area contributed by atoms with Crippen LogP contribution in [0.15, 0.2) is 97.3 Å². The number of hydrogen-bond acceptors (Lipinski definition) is 6. The van der Waals surface area contributed by atoms with E-state index >= 15 is 0 Å². The summed E-state index contributed by atoms with van der Waals surface area (Å²) in [5.74, 6) is 0.388. The number of pyridine rings is 1. The first-order valence-electron chi connectivity index (χ1n) is 17.2. The Morgan fingerprint density at radius 2 is 1.94 bits per heavy atom. The van der Waals surface area contributed by atoms with Gasteiger partial charge in [0.15, 0.2) is 5.82 Å². The molecule has 0 fully saturated rings. The molecule has 0 bridgehead atoms. The lowest BCUT2D eigenvalue weighted by Gasteiger charge is -2.48. The van der Waals surface area contributed by atoms with Crippen molar-refractivity contribution in [3.63, 3.8) is 0 Å². The third kappa shape index (κ3) is 7.50. The van der Waals surface area contributed by atoms with E-state index in [9.17, 15) is 4.79 Å². The van der Waals surface area contributed by atoms with Gasteiger partial charge in [0.05, 0.1) is 30.2 Å².